The normalized spacial score (nSPS) is 11.2. The minimum absolute atomic E-state index is 0.0664. The van der Waals surface area contributed by atoms with Crippen LogP contribution in [-0.2, 0) is 34.5 Å². The first kappa shape index (κ1) is 24.7. The molecule has 0 aliphatic rings. The number of sulfonamides is 1. The minimum atomic E-state index is -3.95. The molecular weight excluding hydrogens is 464 g/mol. The van der Waals surface area contributed by atoms with Crippen molar-refractivity contribution in [2.75, 3.05) is 14.2 Å². The molecule has 0 spiro atoms. The molecule has 0 fully saturated rings. The number of carbonyl (C=O) groups excluding carboxylic acids is 1. The number of methoxy groups -OCH3 is 2. The molecule has 0 aliphatic heterocycles. The number of hydrogen-bond acceptors (Lipinski definition) is 5. The number of benzene rings is 3. The van der Waals surface area contributed by atoms with Crippen LogP contribution in [0, 0.1) is 0 Å². The molecule has 0 heterocycles. The fourth-order valence-electron chi connectivity index (χ4n) is 3.17. The Morgan fingerprint density at radius 1 is 0.909 bits per heavy atom. The molecule has 0 radical (unpaired) electrons. The maximum atomic E-state index is 12.9. The Bertz CT molecular complexity index is 1210. The fourth-order valence-corrected chi connectivity index (χ4v) is 4.50. The Morgan fingerprint density at radius 3 is 2.33 bits per heavy atom. The zero-order valence-corrected chi connectivity index (χ0v) is 19.9. The van der Waals surface area contributed by atoms with Gasteiger partial charge >= 0.3 is 0 Å². The number of nitrogens with one attached hydrogen (secondary N) is 2. The quantitative estimate of drug-likeness (QED) is 0.451. The van der Waals surface area contributed by atoms with Gasteiger partial charge in [0.25, 0.3) is 5.91 Å². The van der Waals surface area contributed by atoms with Gasteiger partial charge in [0, 0.05) is 30.8 Å². The van der Waals surface area contributed by atoms with E-state index >= 15 is 0 Å². The smallest absolute Gasteiger partial charge is 0.251 e. The van der Waals surface area contributed by atoms with Crippen LogP contribution in [0.25, 0.3) is 0 Å². The van der Waals surface area contributed by atoms with Gasteiger partial charge in [-0.1, -0.05) is 48.0 Å². The van der Waals surface area contributed by atoms with Crippen molar-refractivity contribution in [3.05, 3.63) is 94.0 Å². The Morgan fingerprint density at radius 2 is 1.64 bits per heavy atom. The second kappa shape index (κ2) is 11.3. The summed E-state index contributed by atoms with van der Waals surface area (Å²) in [5.74, 6) is -0.258. The van der Waals surface area contributed by atoms with Crippen LogP contribution in [0.2, 0.25) is 5.02 Å². The first-order valence-corrected chi connectivity index (χ1v) is 12.0. The molecule has 0 atom stereocenters. The summed E-state index contributed by atoms with van der Waals surface area (Å²) in [6.45, 7) is 0.834. The zero-order valence-electron chi connectivity index (χ0n) is 18.3. The molecule has 3 aromatic rings. The Labute approximate surface area is 198 Å². The minimum Gasteiger partial charge on any atom is -0.495 e. The second-order valence-electron chi connectivity index (χ2n) is 7.25. The van der Waals surface area contributed by atoms with Gasteiger partial charge in [-0.2, -0.15) is 0 Å². The monoisotopic (exact) mass is 488 g/mol. The predicted molar refractivity (Wildman–Crippen MR) is 127 cm³/mol. The lowest BCUT2D eigenvalue weighted by Gasteiger charge is -2.13. The maximum absolute atomic E-state index is 12.9. The third-order valence-electron chi connectivity index (χ3n) is 4.85. The molecule has 174 valence electrons. The van der Waals surface area contributed by atoms with Gasteiger partial charge < -0.3 is 14.8 Å². The molecule has 2 N–H and O–H groups in total. The van der Waals surface area contributed by atoms with Crippen LogP contribution in [-0.4, -0.2) is 28.5 Å². The fraction of sp³-hybridized carbons (Fsp3) is 0.208. The van der Waals surface area contributed by atoms with Gasteiger partial charge in [0.15, 0.2) is 0 Å². The zero-order chi connectivity index (χ0) is 23.8. The van der Waals surface area contributed by atoms with Crippen LogP contribution in [0.4, 0.5) is 0 Å². The highest BCUT2D eigenvalue weighted by Crippen LogP contribution is 2.25. The van der Waals surface area contributed by atoms with Crippen molar-refractivity contribution in [2.45, 2.75) is 24.6 Å². The Hall–Kier alpha value is -2.91. The van der Waals surface area contributed by atoms with Crippen LogP contribution in [0.1, 0.15) is 27.0 Å². The average molecular weight is 489 g/mol. The number of carbonyl (C=O) groups is 1. The second-order valence-corrected chi connectivity index (χ2v) is 9.42. The molecular formula is C24H25ClN2O5S. The van der Waals surface area contributed by atoms with E-state index in [-0.39, 0.29) is 22.8 Å². The molecule has 0 aliphatic carbocycles. The summed E-state index contributed by atoms with van der Waals surface area (Å²) in [5.41, 5.74) is 2.85. The van der Waals surface area contributed by atoms with Crippen molar-refractivity contribution < 1.29 is 22.7 Å². The van der Waals surface area contributed by atoms with E-state index in [4.69, 9.17) is 21.1 Å². The van der Waals surface area contributed by atoms with Gasteiger partial charge in [0.2, 0.25) is 10.0 Å². The topological polar surface area (TPSA) is 93.7 Å². The number of ether oxygens (including phenoxy) is 2. The average Bonchev–Trinajstić information content (AvgIpc) is 2.82. The SMILES string of the molecule is COCc1cccc(CNC(=O)c2ccc(OC)c(S(=O)(=O)NCc3ccc(Cl)cc3)c2)c1. The summed E-state index contributed by atoms with van der Waals surface area (Å²) in [6.07, 6.45) is 0. The first-order chi connectivity index (χ1) is 15.8. The highest BCUT2D eigenvalue weighted by molar-refractivity contribution is 7.89. The van der Waals surface area contributed by atoms with Gasteiger partial charge in [-0.25, -0.2) is 13.1 Å². The lowest BCUT2D eigenvalue weighted by atomic mass is 10.1. The number of hydrogen-bond donors (Lipinski definition) is 2. The summed E-state index contributed by atoms with van der Waals surface area (Å²) >= 11 is 5.87. The third kappa shape index (κ3) is 6.79. The van der Waals surface area contributed by atoms with E-state index < -0.39 is 15.9 Å². The van der Waals surface area contributed by atoms with Crippen molar-refractivity contribution in [1.82, 2.24) is 10.0 Å². The van der Waals surface area contributed by atoms with Crippen molar-refractivity contribution in [3.63, 3.8) is 0 Å². The van der Waals surface area contributed by atoms with E-state index in [1.807, 2.05) is 24.3 Å². The van der Waals surface area contributed by atoms with E-state index in [0.29, 0.717) is 18.2 Å². The van der Waals surface area contributed by atoms with Gasteiger partial charge in [0.1, 0.15) is 10.6 Å². The third-order valence-corrected chi connectivity index (χ3v) is 6.52. The standard InChI is InChI=1S/C24H25ClN2O5S/c1-31-16-19-5-3-4-18(12-19)14-26-24(28)20-8-11-22(32-2)23(13-20)33(29,30)27-15-17-6-9-21(25)10-7-17/h3-13,27H,14-16H2,1-2H3,(H,26,28). The van der Waals surface area contributed by atoms with Gasteiger partial charge in [-0.3, -0.25) is 4.79 Å². The number of halogens is 1. The van der Waals surface area contributed by atoms with Crippen molar-refractivity contribution in [2.24, 2.45) is 0 Å². The molecule has 0 bridgehead atoms. The van der Waals surface area contributed by atoms with Crippen LogP contribution in [0.15, 0.2) is 71.6 Å². The van der Waals surface area contributed by atoms with Crippen molar-refractivity contribution in [1.29, 1.82) is 0 Å². The van der Waals surface area contributed by atoms with E-state index in [9.17, 15) is 13.2 Å². The van der Waals surface area contributed by atoms with Crippen LogP contribution in [0.3, 0.4) is 0 Å². The summed E-state index contributed by atoms with van der Waals surface area (Å²) < 4.78 is 38.8. The molecule has 1 amide bonds. The van der Waals surface area contributed by atoms with E-state index in [1.54, 1.807) is 31.4 Å². The van der Waals surface area contributed by atoms with Gasteiger partial charge in [0.05, 0.1) is 13.7 Å². The Kier molecular flexibility index (Phi) is 8.46. The highest BCUT2D eigenvalue weighted by atomic mass is 35.5. The first-order valence-electron chi connectivity index (χ1n) is 10.1. The van der Waals surface area contributed by atoms with Crippen LogP contribution < -0.4 is 14.8 Å². The predicted octanol–water partition coefficient (Wildman–Crippen LogP) is 3.90. The lowest BCUT2D eigenvalue weighted by molar-refractivity contribution is 0.0950. The van der Waals surface area contributed by atoms with E-state index in [1.165, 1.54) is 25.3 Å². The molecule has 3 aromatic carbocycles. The van der Waals surface area contributed by atoms with Gasteiger partial charge in [-0.15, -0.1) is 0 Å². The van der Waals surface area contributed by atoms with Crippen LogP contribution in [0.5, 0.6) is 5.75 Å². The molecule has 7 nitrogen and oxygen atoms in total. The van der Waals surface area contributed by atoms with E-state index in [2.05, 4.69) is 10.0 Å². The molecule has 0 aromatic heterocycles. The molecule has 0 unspecified atom stereocenters. The summed E-state index contributed by atoms with van der Waals surface area (Å²) in [7, 11) is -0.954. The van der Waals surface area contributed by atoms with E-state index in [0.717, 1.165) is 16.7 Å². The summed E-state index contributed by atoms with van der Waals surface area (Å²) in [6, 6.07) is 18.8. The molecule has 33 heavy (non-hydrogen) atoms. The molecule has 9 heteroatoms. The lowest BCUT2D eigenvalue weighted by Crippen LogP contribution is -2.26. The summed E-state index contributed by atoms with van der Waals surface area (Å²) in [5, 5.41) is 3.38. The van der Waals surface area contributed by atoms with Crippen LogP contribution >= 0.6 is 11.6 Å². The Balaban J connectivity index is 1.74. The number of amides is 1. The van der Waals surface area contributed by atoms with Crippen molar-refractivity contribution in [3.8, 4) is 5.75 Å². The largest absolute Gasteiger partial charge is 0.495 e. The van der Waals surface area contributed by atoms with Crippen molar-refractivity contribution >= 4 is 27.5 Å². The number of rotatable bonds is 10. The summed E-state index contributed by atoms with van der Waals surface area (Å²) in [4.78, 5) is 12.6. The maximum Gasteiger partial charge on any atom is 0.251 e. The van der Waals surface area contributed by atoms with Gasteiger partial charge in [-0.05, 0) is 47.0 Å². The molecule has 0 saturated carbocycles. The highest BCUT2D eigenvalue weighted by Gasteiger charge is 2.21. The molecule has 0 saturated heterocycles. The molecule has 3 rings (SSSR count).